The van der Waals surface area contributed by atoms with E-state index in [9.17, 15) is 4.39 Å². The molecule has 0 bridgehead atoms. The van der Waals surface area contributed by atoms with Gasteiger partial charge in [-0.05, 0) is 23.3 Å². The number of halogens is 2. The quantitative estimate of drug-likeness (QED) is 0.868. The molecule has 0 aliphatic carbocycles. The fourth-order valence-electron chi connectivity index (χ4n) is 2.06. The van der Waals surface area contributed by atoms with Gasteiger partial charge in [-0.2, -0.15) is 0 Å². The second-order valence-electron chi connectivity index (χ2n) is 5.16. The Kier molecular flexibility index (Phi) is 5.21. The van der Waals surface area contributed by atoms with Gasteiger partial charge in [-0.3, -0.25) is 0 Å². The van der Waals surface area contributed by atoms with Crippen molar-refractivity contribution in [3.8, 4) is 16.9 Å². The predicted octanol–water partition coefficient (Wildman–Crippen LogP) is 4.65. The smallest absolute Gasteiger partial charge is 0.172 e. The SMILES string of the molecule is COc1cccc(-c2ccc(CNC(C)C)c(Cl)c2)c1F. The van der Waals surface area contributed by atoms with Gasteiger partial charge in [0.25, 0.3) is 0 Å². The van der Waals surface area contributed by atoms with Crippen molar-refractivity contribution in [3.05, 3.63) is 52.8 Å². The van der Waals surface area contributed by atoms with Gasteiger partial charge in [0.1, 0.15) is 0 Å². The van der Waals surface area contributed by atoms with Crippen LogP contribution in [0.5, 0.6) is 5.75 Å². The van der Waals surface area contributed by atoms with Crippen molar-refractivity contribution in [3.63, 3.8) is 0 Å². The zero-order valence-corrected chi connectivity index (χ0v) is 13.2. The molecule has 0 saturated heterocycles. The lowest BCUT2D eigenvalue weighted by Crippen LogP contribution is -2.21. The number of benzene rings is 2. The van der Waals surface area contributed by atoms with Crippen LogP contribution in [-0.2, 0) is 6.54 Å². The topological polar surface area (TPSA) is 21.3 Å². The van der Waals surface area contributed by atoms with Crippen molar-refractivity contribution in [2.24, 2.45) is 0 Å². The molecule has 0 saturated carbocycles. The van der Waals surface area contributed by atoms with E-state index < -0.39 is 0 Å². The molecule has 0 spiro atoms. The summed E-state index contributed by atoms with van der Waals surface area (Å²) in [6, 6.07) is 11.1. The van der Waals surface area contributed by atoms with Crippen LogP contribution in [0.2, 0.25) is 5.02 Å². The first-order valence-electron chi connectivity index (χ1n) is 6.87. The number of hydrogen-bond donors (Lipinski definition) is 1. The Morgan fingerprint density at radius 1 is 1.24 bits per heavy atom. The van der Waals surface area contributed by atoms with E-state index in [1.165, 1.54) is 7.11 Å². The molecule has 21 heavy (non-hydrogen) atoms. The number of nitrogens with one attached hydrogen (secondary N) is 1. The predicted molar refractivity (Wildman–Crippen MR) is 85.4 cm³/mol. The third-order valence-corrected chi connectivity index (χ3v) is 3.60. The van der Waals surface area contributed by atoms with Gasteiger partial charge in [-0.15, -0.1) is 0 Å². The van der Waals surface area contributed by atoms with Crippen molar-refractivity contribution in [2.45, 2.75) is 26.4 Å². The summed E-state index contributed by atoms with van der Waals surface area (Å²) in [6.07, 6.45) is 0. The van der Waals surface area contributed by atoms with E-state index >= 15 is 0 Å². The van der Waals surface area contributed by atoms with E-state index in [0.29, 0.717) is 23.2 Å². The maximum absolute atomic E-state index is 14.3. The van der Waals surface area contributed by atoms with Gasteiger partial charge in [-0.1, -0.05) is 49.7 Å². The van der Waals surface area contributed by atoms with E-state index in [0.717, 1.165) is 11.1 Å². The van der Waals surface area contributed by atoms with Crippen molar-refractivity contribution in [2.75, 3.05) is 7.11 Å². The second kappa shape index (κ2) is 6.92. The van der Waals surface area contributed by atoms with Gasteiger partial charge in [0, 0.05) is 23.2 Å². The Hall–Kier alpha value is -1.58. The summed E-state index contributed by atoms with van der Waals surface area (Å²) in [5.41, 5.74) is 2.22. The van der Waals surface area contributed by atoms with Crippen molar-refractivity contribution < 1.29 is 9.13 Å². The van der Waals surface area contributed by atoms with E-state index in [-0.39, 0.29) is 11.6 Å². The Bertz CT molecular complexity index is 628. The summed E-state index contributed by atoms with van der Waals surface area (Å²) in [5.74, 6) is -0.140. The summed E-state index contributed by atoms with van der Waals surface area (Å²) >= 11 is 6.30. The molecular formula is C17H19ClFNO. The number of methoxy groups -OCH3 is 1. The molecule has 2 nitrogen and oxygen atoms in total. The van der Waals surface area contributed by atoms with Gasteiger partial charge in [0.05, 0.1) is 7.11 Å². The van der Waals surface area contributed by atoms with Crippen LogP contribution in [0.3, 0.4) is 0 Å². The molecule has 0 fully saturated rings. The van der Waals surface area contributed by atoms with Crippen LogP contribution < -0.4 is 10.1 Å². The van der Waals surface area contributed by atoms with Crippen molar-refractivity contribution >= 4 is 11.6 Å². The minimum absolute atomic E-state index is 0.231. The molecule has 1 N–H and O–H groups in total. The maximum atomic E-state index is 14.3. The monoisotopic (exact) mass is 307 g/mol. The first-order chi connectivity index (χ1) is 10.0. The third-order valence-electron chi connectivity index (χ3n) is 3.25. The molecule has 0 aromatic heterocycles. The highest BCUT2D eigenvalue weighted by atomic mass is 35.5. The molecule has 0 amide bonds. The fraction of sp³-hybridized carbons (Fsp3) is 0.294. The molecule has 0 atom stereocenters. The molecule has 4 heteroatoms. The van der Waals surface area contributed by atoms with Crippen LogP contribution in [0.15, 0.2) is 36.4 Å². The largest absolute Gasteiger partial charge is 0.494 e. The lowest BCUT2D eigenvalue weighted by Gasteiger charge is -2.12. The molecule has 2 aromatic carbocycles. The highest BCUT2D eigenvalue weighted by molar-refractivity contribution is 6.31. The molecular weight excluding hydrogens is 289 g/mol. The Balaban J connectivity index is 2.32. The molecule has 112 valence electrons. The summed E-state index contributed by atoms with van der Waals surface area (Å²) in [7, 11) is 1.45. The van der Waals surface area contributed by atoms with E-state index in [1.807, 2.05) is 12.1 Å². The van der Waals surface area contributed by atoms with Crippen LogP contribution in [0.4, 0.5) is 4.39 Å². The summed E-state index contributed by atoms with van der Waals surface area (Å²) in [6.45, 7) is 4.85. The standard InChI is InChI=1S/C17H19ClFNO/c1-11(2)20-10-13-8-7-12(9-15(13)18)14-5-4-6-16(21-3)17(14)19/h4-9,11,20H,10H2,1-3H3. The van der Waals surface area contributed by atoms with Crippen molar-refractivity contribution in [1.29, 1.82) is 0 Å². The van der Waals surface area contributed by atoms with Crippen LogP contribution in [0.25, 0.3) is 11.1 Å². The lowest BCUT2D eigenvalue weighted by molar-refractivity contribution is 0.387. The Morgan fingerprint density at radius 3 is 2.62 bits per heavy atom. The third kappa shape index (κ3) is 3.74. The van der Waals surface area contributed by atoms with Crippen LogP contribution in [0.1, 0.15) is 19.4 Å². The minimum Gasteiger partial charge on any atom is -0.494 e. The average molecular weight is 308 g/mol. The maximum Gasteiger partial charge on any atom is 0.172 e. The minimum atomic E-state index is -0.371. The molecule has 2 aromatic rings. The first-order valence-corrected chi connectivity index (χ1v) is 7.25. The van der Waals surface area contributed by atoms with Crippen LogP contribution >= 0.6 is 11.6 Å². The summed E-state index contributed by atoms with van der Waals surface area (Å²) < 4.78 is 19.3. The second-order valence-corrected chi connectivity index (χ2v) is 5.57. The molecule has 0 aliphatic heterocycles. The first kappa shape index (κ1) is 15.8. The number of rotatable bonds is 5. The molecule has 0 aliphatic rings. The van der Waals surface area contributed by atoms with Gasteiger partial charge in [0.15, 0.2) is 11.6 Å². The van der Waals surface area contributed by atoms with Crippen molar-refractivity contribution in [1.82, 2.24) is 5.32 Å². The Morgan fingerprint density at radius 2 is 2.00 bits per heavy atom. The number of hydrogen-bond acceptors (Lipinski definition) is 2. The molecule has 0 radical (unpaired) electrons. The highest BCUT2D eigenvalue weighted by Crippen LogP contribution is 2.31. The van der Waals surface area contributed by atoms with Gasteiger partial charge >= 0.3 is 0 Å². The van der Waals surface area contributed by atoms with Gasteiger partial charge in [-0.25, -0.2) is 4.39 Å². The van der Waals surface area contributed by atoms with E-state index in [4.69, 9.17) is 16.3 Å². The molecule has 0 heterocycles. The number of ether oxygens (including phenoxy) is 1. The summed E-state index contributed by atoms with van der Waals surface area (Å²) in [5, 5.41) is 3.94. The van der Waals surface area contributed by atoms with Gasteiger partial charge < -0.3 is 10.1 Å². The zero-order valence-electron chi connectivity index (χ0n) is 12.4. The highest BCUT2D eigenvalue weighted by Gasteiger charge is 2.11. The van der Waals surface area contributed by atoms with E-state index in [1.54, 1.807) is 24.3 Å². The summed E-state index contributed by atoms with van der Waals surface area (Å²) in [4.78, 5) is 0. The van der Waals surface area contributed by atoms with Crippen LogP contribution in [-0.4, -0.2) is 13.2 Å². The zero-order chi connectivity index (χ0) is 15.4. The fourth-order valence-corrected chi connectivity index (χ4v) is 2.31. The van der Waals surface area contributed by atoms with Gasteiger partial charge in [0.2, 0.25) is 0 Å². The molecule has 0 unspecified atom stereocenters. The normalized spacial score (nSPS) is 11.0. The molecule has 2 rings (SSSR count). The average Bonchev–Trinajstić information content (AvgIpc) is 2.46. The van der Waals surface area contributed by atoms with Crippen LogP contribution in [0, 0.1) is 5.82 Å². The van der Waals surface area contributed by atoms with E-state index in [2.05, 4.69) is 19.2 Å². The Labute approximate surface area is 129 Å². The lowest BCUT2D eigenvalue weighted by atomic mass is 10.0.